The lowest BCUT2D eigenvalue weighted by atomic mass is 9.97. The predicted molar refractivity (Wildman–Crippen MR) is 71.6 cm³/mol. The molecule has 4 heteroatoms. The molecule has 0 aromatic heterocycles. The fourth-order valence-corrected chi connectivity index (χ4v) is 2.68. The van der Waals surface area contributed by atoms with Gasteiger partial charge in [-0.3, -0.25) is 0 Å². The number of nitrogens with zero attached hydrogens (tertiary/aromatic N) is 2. The Kier molecular flexibility index (Phi) is 4.03. The van der Waals surface area contributed by atoms with E-state index in [-0.39, 0.29) is 0 Å². The van der Waals surface area contributed by atoms with Gasteiger partial charge in [0.2, 0.25) is 0 Å². The number of likely N-dealkylation sites (tertiary alicyclic amines) is 1. The van der Waals surface area contributed by atoms with E-state index in [1.165, 1.54) is 32.2 Å². The first kappa shape index (κ1) is 12.1. The van der Waals surface area contributed by atoms with Gasteiger partial charge in [0.1, 0.15) is 0 Å². The van der Waals surface area contributed by atoms with E-state index in [0.717, 1.165) is 24.1 Å². The van der Waals surface area contributed by atoms with Crippen molar-refractivity contribution in [3.05, 3.63) is 0 Å². The molecule has 0 spiro atoms. The lowest BCUT2D eigenvalue weighted by Gasteiger charge is -2.34. The van der Waals surface area contributed by atoms with Crippen LogP contribution in [0.2, 0.25) is 0 Å². The molecule has 1 aliphatic carbocycles. The highest BCUT2D eigenvalue weighted by molar-refractivity contribution is 7.80. The molecule has 2 fully saturated rings. The molecule has 0 bridgehead atoms. The Morgan fingerprint density at radius 2 is 1.88 bits per heavy atom. The van der Waals surface area contributed by atoms with E-state index in [4.69, 9.17) is 12.2 Å². The Balaban J connectivity index is 1.69. The van der Waals surface area contributed by atoms with Crippen molar-refractivity contribution in [3.63, 3.8) is 0 Å². The van der Waals surface area contributed by atoms with Crippen LogP contribution in [-0.4, -0.2) is 54.7 Å². The van der Waals surface area contributed by atoms with Crippen LogP contribution in [0, 0.1) is 5.92 Å². The minimum atomic E-state index is 0.687. The zero-order chi connectivity index (χ0) is 11.5. The molecular formula is C12H23N3S. The van der Waals surface area contributed by atoms with E-state index in [1.807, 2.05) is 0 Å². The van der Waals surface area contributed by atoms with Crippen molar-refractivity contribution in [3.8, 4) is 0 Å². The third-order valence-corrected chi connectivity index (χ3v) is 3.81. The molecule has 1 N–H and O–H groups in total. The normalized spacial score (nSPS) is 22.6. The number of rotatable bonds is 3. The Morgan fingerprint density at radius 3 is 2.38 bits per heavy atom. The van der Waals surface area contributed by atoms with E-state index < -0.39 is 0 Å². The Labute approximate surface area is 104 Å². The Bertz CT molecular complexity index is 243. The van der Waals surface area contributed by atoms with Gasteiger partial charge in [0.25, 0.3) is 0 Å². The zero-order valence-corrected chi connectivity index (χ0v) is 11.2. The summed E-state index contributed by atoms with van der Waals surface area (Å²) in [5, 5.41) is 4.42. The van der Waals surface area contributed by atoms with Crippen LogP contribution in [0.4, 0.5) is 0 Å². The summed E-state index contributed by atoms with van der Waals surface area (Å²) in [6, 6.07) is 0.687. The maximum Gasteiger partial charge on any atom is 0.169 e. The van der Waals surface area contributed by atoms with Crippen LogP contribution in [-0.2, 0) is 0 Å². The van der Waals surface area contributed by atoms with Crippen LogP contribution in [0.1, 0.15) is 25.7 Å². The minimum absolute atomic E-state index is 0.687. The molecule has 0 amide bonds. The highest BCUT2D eigenvalue weighted by atomic mass is 32.1. The number of thiocarbonyl (C=S) groups is 1. The van der Waals surface area contributed by atoms with Crippen LogP contribution in [0.15, 0.2) is 0 Å². The van der Waals surface area contributed by atoms with Gasteiger partial charge in [0.05, 0.1) is 0 Å². The lowest BCUT2D eigenvalue weighted by Crippen LogP contribution is -2.46. The second-order valence-electron chi connectivity index (χ2n) is 5.42. The van der Waals surface area contributed by atoms with Gasteiger partial charge in [0.15, 0.2) is 5.11 Å². The lowest BCUT2D eigenvalue weighted by molar-refractivity contribution is 0.218. The molecule has 16 heavy (non-hydrogen) atoms. The van der Waals surface area contributed by atoms with Gasteiger partial charge in [-0.15, -0.1) is 0 Å². The van der Waals surface area contributed by atoms with Gasteiger partial charge in [-0.25, -0.2) is 0 Å². The third kappa shape index (κ3) is 3.59. The molecule has 0 aromatic rings. The first-order valence-corrected chi connectivity index (χ1v) is 6.76. The first-order chi connectivity index (χ1) is 7.65. The van der Waals surface area contributed by atoms with Crippen LogP contribution >= 0.6 is 12.2 Å². The average Bonchev–Trinajstić information content (AvgIpc) is 3.01. The number of hydrogen-bond donors (Lipinski definition) is 1. The maximum absolute atomic E-state index is 5.42. The Hall–Kier alpha value is -0.350. The van der Waals surface area contributed by atoms with E-state index in [2.05, 4.69) is 29.2 Å². The molecule has 0 aromatic carbocycles. The standard InChI is InChI=1S/C12H23N3S/c1-14(2)9-10-5-7-15(8-6-10)12(16)13-11-3-4-11/h10-11H,3-9H2,1-2H3,(H,13,16). The van der Waals surface area contributed by atoms with Crippen molar-refractivity contribution in [2.45, 2.75) is 31.7 Å². The van der Waals surface area contributed by atoms with E-state index in [0.29, 0.717) is 6.04 Å². The molecule has 0 atom stereocenters. The fourth-order valence-electron chi connectivity index (χ4n) is 2.33. The summed E-state index contributed by atoms with van der Waals surface area (Å²) in [7, 11) is 4.32. The molecule has 1 heterocycles. The fraction of sp³-hybridized carbons (Fsp3) is 0.917. The van der Waals surface area contributed by atoms with Gasteiger partial charge < -0.3 is 15.1 Å². The van der Waals surface area contributed by atoms with Crippen molar-refractivity contribution in [2.75, 3.05) is 33.7 Å². The van der Waals surface area contributed by atoms with Crippen molar-refractivity contribution in [2.24, 2.45) is 5.92 Å². The van der Waals surface area contributed by atoms with Gasteiger partial charge >= 0.3 is 0 Å². The molecule has 2 rings (SSSR count). The van der Waals surface area contributed by atoms with Gasteiger partial charge in [-0.1, -0.05) is 0 Å². The third-order valence-electron chi connectivity index (χ3n) is 3.43. The highest BCUT2D eigenvalue weighted by Gasteiger charge is 2.26. The number of hydrogen-bond acceptors (Lipinski definition) is 2. The summed E-state index contributed by atoms with van der Waals surface area (Å²) in [5.41, 5.74) is 0. The average molecular weight is 241 g/mol. The molecular weight excluding hydrogens is 218 g/mol. The maximum atomic E-state index is 5.42. The first-order valence-electron chi connectivity index (χ1n) is 6.35. The zero-order valence-electron chi connectivity index (χ0n) is 10.4. The van der Waals surface area contributed by atoms with Crippen LogP contribution in [0.3, 0.4) is 0 Å². The van der Waals surface area contributed by atoms with Gasteiger partial charge in [-0.2, -0.15) is 0 Å². The van der Waals surface area contributed by atoms with E-state index >= 15 is 0 Å². The minimum Gasteiger partial charge on any atom is -0.360 e. The smallest absolute Gasteiger partial charge is 0.169 e. The van der Waals surface area contributed by atoms with Crippen molar-refractivity contribution in [1.29, 1.82) is 0 Å². The molecule has 1 saturated heterocycles. The molecule has 3 nitrogen and oxygen atoms in total. The van der Waals surface area contributed by atoms with Crippen molar-refractivity contribution < 1.29 is 0 Å². The number of piperidine rings is 1. The number of nitrogens with one attached hydrogen (secondary N) is 1. The molecule has 0 unspecified atom stereocenters. The molecule has 1 aliphatic heterocycles. The van der Waals surface area contributed by atoms with E-state index in [9.17, 15) is 0 Å². The van der Waals surface area contributed by atoms with Crippen LogP contribution in [0.5, 0.6) is 0 Å². The molecule has 2 aliphatic rings. The second-order valence-corrected chi connectivity index (χ2v) is 5.80. The molecule has 1 saturated carbocycles. The quantitative estimate of drug-likeness (QED) is 0.750. The topological polar surface area (TPSA) is 18.5 Å². The summed E-state index contributed by atoms with van der Waals surface area (Å²) in [6.07, 6.45) is 5.17. The molecule has 0 radical (unpaired) electrons. The summed E-state index contributed by atoms with van der Waals surface area (Å²) < 4.78 is 0. The van der Waals surface area contributed by atoms with E-state index in [1.54, 1.807) is 0 Å². The predicted octanol–water partition coefficient (Wildman–Crippen LogP) is 1.30. The van der Waals surface area contributed by atoms with Crippen LogP contribution in [0.25, 0.3) is 0 Å². The summed E-state index contributed by atoms with van der Waals surface area (Å²) in [4.78, 5) is 4.64. The molecule has 92 valence electrons. The summed E-state index contributed by atoms with van der Waals surface area (Å²) >= 11 is 5.42. The largest absolute Gasteiger partial charge is 0.360 e. The SMILES string of the molecule is CN(C)CC1CCN(C(=S)NC2CC2)CC1. The monoisotopic (exact) mass is 241 g/mol. The van der Waals surface area contributed by atoms with Crippen molar-refractivity contribution in [1.82, 2.24) is 15.1 Å². The van der Waals surface area contributed by atoms with Gasteiger partial charge in [-0.05, 0) is 57.9 Å². The summed E-state index contributed by atoms with van der Waals surface area (Å²) in [5.74, 6) is 0.856. The summed E-state index contributed by atoms with van der Waals surface area (Å²) in [6.45, 7) is 3.49. The second kappa shape index (κ2) is 5.32. The van der Waals surface area contributed by atoms with Crippen molar-refractivity contribution >= 4 is 17.3 Å². The Morgan fingerprint density at radius 1 is 1.25 bits per heavy atom. The van der Waals surface area contributed by atoms with Gasteiger partial charge in [0, 0.05) is 25.7 Å². The highest BCUT2D eigenvalue weighted by Crippen LogP contribution is 2.21. The van der Waals surface area contributed by atoms with Crippen LogP contribution < -0.4 is 5.32 Å².